The van der Waals surface area contributed by atoms with E-state index in [0.717, 1.165) is 15.7 Å². The topological polar surface area (TPSA) is 30.5 Å². The lowest BCUT2D eigenvalue weighted by atomic mass is 10.2. The molecule has 0 saturated heterocycles. The van der Waals surface area contributed by atoms with Crippen molar-refractivity contribution >= 4 is 33.2 Å². The van der Waals surface area contributed by atoms with Crippen LogP contribution in [0.25, 0.3) is 0 Å². The highest BCUT2D eigenvalue weighted by molar-refractivity contribution is 9.10. The van der Waals surface area contributed by atoms with E-state index in [1.807, 2.05) is 36.4 Å². The van der Waals surface area contributed by atoms with E-state index in [0.29, 0.717) is 23.1 Å². The average Bonchev–Trinajstić information content (AvgIpc) is 2.47. The predicted molar refractivity (Wildman–Crippen MR) is 86.0 cm³/mol. The van der Waals surface area contributed by atoms with Crippen LogP contribution in [0.2, 0.25) is 5.02 Å². The first-order chi connectivity index (χ1) is 9.65. The summed E-state index contributed by atoms with van der Waals surface area (Å²) in [6.07, 6.45) is 0. The Hall–Kier alpha value is -1.39. The molecule has 5 heteroatoms. The van der Waals surface area contributed by atoms with Gasteiger partial charge in [-0.2, -0.15) is 0 Å². The molecule has 2 aromatic rings. The summed E-state index contributed by atoms with van der Waals surface area (Å²) in [5, 5.41) is 3.88. The van der Waals surface area contributed by atoms with Gasteiger partial charge in [0.1, 0.15) is 0 Å². The number of rotatable bonds is 5. The molecule has 0 aliphatic carbocycles. The molecule has 0 radical (unpaired) electrons. The molecule has 0 saturated carbocycles. The summed E-state index contributed by atoms with van der Waals surface area (Å²) in [6.45, 7) is 0.612. The minimum absolute atomic E-state index is 0.560. The average molecular weight is 357 g/mol. The molecular weight excluding hydrogens is 342 g/mol. The molecule has 0 atom stereocenters. The number of benzene rings is 2. The predicted octanol–water partition coefficient (Wildman–Crippen LogP) is 4.73. The number of anilines is 1. The minimum Gasteiger partial charge on any atom is -0.493 e. The molecule has 0 heterocycles. The summed E-state index contributed by atoms with van der Waals surface area (Å²) in [5.74, 6) is 1.19. The highest BCUT2D eigenvalue weighted by atomic mass is 79.9. The quantitative estimate of drug-likeness (QED) is 0.840. The molecule has 0 aliphatic rings. The summed E-state index contributed by atoms with van der Waals surface area (Å²) in [6, 6.07) is 11.7. The van der Waals surface area contributed by atoms with E-state index < -0.39 is 0 Å². The van der Waals surface area contributed by atoms with Gasteiger partial charge in [-0.25, -0.2) is 0 Å². The van der Waals surface area contributed by atoms with Crippen LogP contribution in [-0.2, 0) is 6.54 Å². The van der Waals surface area contributed by atoms with E-state index in [4.69, 9.17) is 21.1 Å². The fourth-order valence-electron chi connectivity index (χ4n) is 1.83. The van der Waals surface area contributed by atoms with Crippen LogP contribution in [-0.4, -0.2) is 14.2 Å². The van der Waals surface area contributed by atoms with Gasteiger partial charge < -0.3 is 14.8 Å². The molecule has 3 nitrogen and oxygen atoms in total. The van der Waals surface area contributed by atoms with Crippen LogP contribution in [0.4, 0.5) is 5.69 Å². The van der Waals surface area contributed by atoms with Gasteiger partial charge in [0, 0.05) is 16.7 Å². The smallest absolute Gasteiger partial charge is 0.179 e. The van der Waals surface area contributed by atoms with Crippen molar-refractivity contribution in [1.29, 1.82) is 0 Å². The fraction of sp³-hybridized carbons (Fsp3) is 0.200. The van der Waals surface area contributed by atoms with Crippen molar-refractivity contribution in [2.75, 3.05) is 19.5 Å². The van der Waals surface area contributed by atoms with Crippen LogP contribution in [0, 0.1) is 0 Å². The third-order valence-corrected chi connectivity index (χ3v) is 3.84. The molecule has 2 aromatic carbocycles. The normalized spacial score (nSPS) is 10.2. The molecule has 0 spiro atoms. The Labute approximate surface area is 132 Å². The summed E-state index contributed by atoms with van der Waals surface area (Å²) >= 11 is 9.74. The van der Waals surface area contributed by atoms with Crippen molar-refractivity contribution in [3.05, 3.63) is 51.5 Å². The first-order valence-electron chi connectivity index (χ1n) is 6.04. The second-order valence-corrected chi connectivity index (χ2v) is 5.43. The Morgan fingerprint density at radius 3 is 2.35 bits per heavy atom. The van der Waals surface area contributed by atoms with Crippen molar-refractivity contribution in [3.8, 4) is 11.5 Å². The van der Waals surface area contributed by atoms with Gasteiger partial charge in [0.25, 0.3) is 0 Å². The zero-order chi connectivity index (χ0) is 14.5. The zero-order valence-electron chi connectivity index (χ0n) is 11.2. The van der Waals surface area contributed by atoms with E-state index >= 15 is 0 Å². The SMILES string of the molecule is COc1ccc(CNc2ccc(Br)cc2)c(Cl)c1OC. The molecular formula is C15H15BrClNO2. The molecule has 0 aliphatic heterocycles. The lowest BCUT2D eigenvalue weighted by Gasteiger charge is -2.13. The van der Waals surface area contributed by atoms with Crippen molar-refractivity contribution in [2.24, 2.45) is 0 Å². The fourth-order valence-corrected chi connectivity index (χ4v) is 2.40. The number of hydrogen-bond donors (Lipinski definition) is 1. The zero-order valence-corrected chi connectivity index (χ0v) is 13.6. The number of ether oxygens (including phenoxy) is 2. The number of halogens is 2. The van der Waals surface area contributed by atoms with E-state index in [9.17, 15) is 0 Å². The van der Waals surface area contributed by atoms with Crippen molar-refractivity contribution in [1.82, 2.24) is 0 Å². The second-order valence-electron chi connectivity index (χ2n) is 4.13. The molecule has 0 aromatic heterocycles. The van der Waals surface area contributed by atoms with Crippen molar-refractivity contribution in [2.45, 2.75) is 6.54 Å². The maximum Gasteiger partial charge on any atom is 0.179 e. The first-order valence-corrected chi connectivity index (χ1v) is 7.21. The first kappa shape index (κ1) is 15.0. The van der Waals surface area contributed by atoms with E-state index in [1.165, 1.54) is 0 Å². The summed E-state index contributed by atoms with van der Waals surface area (Å²) in [4.78, 5) is 0. The standard InChI is InChI=1S/C15H15BrClNO2/c1-19-13-8-3-10(14(17)15(13)20-2)9-18-12-6-4-11(16)5-7-12/h3-8,18H,9H2,1-2H3. The maximum absolute atomic E-state index is 6.33. The highest BCUT2D eigenvalue weighted by Gasteiger charge is 2.12. The Morgan fingerprint density at radius 2 is 1.75 bits per heavy atom. The molecule has 0 bridgehead atoms. The van der Waals surface area contributed by atoms with Gasteiger partial charge in [-0.3, -0.25) is 0 Å². The number of hydrogen-bond acceptors (Lipinski definition) is 3. The molecule has 20 heavy (non-hydrogen) atoms. The minimum atomic E-state index is 0.560. The monoisotopic (exact) mass is 355 g/mol. The van der Waals surface area contributed by atoms with Crippen LogP contribution in [0.1, 0.15) is 5.56 Å². The number of methoxy groups -OCH3 is 2. The van der Waals surface area contributed by atoms with Crippen molar-refractivity contribution in [3.63, 3.8) is 0 Å². The second kappa shape index (κ2) is 6.86. The third kappa shape index (κ3) is 3.38. The molecule has 106 valence electrons. The van der Waals surface area contributed by atoms with E-state index in [2.05, 4.69) is 21.2 Å². The van der Waals surface area contributed by atoms with Crippen LogP contribution < -0.4 is 14.8 Å². The summed E-state index contributed by atoms with van der Waals surface area (Å²) < 4.78 is 11.5. The third-order valence-electron chi connectivity index (χ3n) is 2.89. The molecule has 0 amide bonds. The van der Waals surface area contributed by atoms with Crippen LogP contribution in [0.3, 0.4) is 0 Å². The lowest BCUT2D eigenvalue weighted by molar-refractivity contribution is 0.355. The highest BCUT2D eigenvalue weighted by Crippen LogP contribution is 2.37. The molecule has 2 rings (SSSR count). The summed E-state index contributed by atoms with van der Waals surface area (Å²) in [7, 11) is 3.17. The van der Waals surface area contributed by atoms with Gasteiger partial charge in [-0.15, -0.1) is 0 Å². The van der Waals surface area contributed by atoms with Gasteiger partial charge in [-0.05, 0) is 35.9 Å². The largest absolute Gasteiger partial charge is 0.493 e. The van der Waals surface area contributed by atoms with Gasteiger partial charge in [0.05, 0.1) is 19.2 Å². The van der Waals surface area contributed by atoms with Gasteiger partial charge in [-0.1, -0.05) is 33.6 Å². The van der Waals surface area contributed by atoms with Crippen LogP contribution in [0.5, 0.6) is 11.5 Å². The van der Waals surface area contributed by atoms with Gasteiger partial charge in [0.15, 0.2) is 11.5 Å². The van der Waals surface area contributed by atoms with Crippen LogP contribution >= 0.6 is 27.5 Å². The Bertz CT molecular complexity index is 587. The Morgan fingerprint density at radius 1 is 1.05 bits per heavy atom. The maximum atomic E-state index is 6.33. The van der Waals surface area contributed by atoms with E-state index in [-0.39, 0.29) is 0 Å². The molecule has 0 fully saturated rings. The van der Waals surface area contributed by atoms with Gasteiger partial charge >= 0.3 is 0 Å². The summed E-state index contributed by atoms with van der Waals surface area (Å²) in [5.41, 5.74) is 1.98. The van der Waals surface area contributed by atoms with Crippen LogP contribution in [0.15, 0.2) is 40.9 Å². The van der Waals surface area contributed by atoms with Crippen molar-refractivity contribution < 1.29 is 9.47 Å². The Balaban J connectivity index is 2.15. The number of nitrogens with one attached hydrogen (secondary N) is 1. The molecule has 1 N–H and O–H groups in total. The Kier molecular flexibility index (Phi) is 5.15. The lowest BCUT2D eigenvalue weighted by Crippen LogP contribution is -2.01. The van der Waals surface area contributed by atoms with E-state index in [1.54, 1.807) is 14.2 Å². The van der Waals surface area contributed by atoms with Gasteiger partial charge in [0.2, 0.25) is 0 Å². The molecule has 0 unspecified atom stereocenters.